The fraction of sp³-hybridized carbons (Fsp3) is 0.182. The second kappa shape index (κ2) is 2.73. The Balaban J connectivity index is 2.85. The number of benzene rings is 1. The number of hydrogen-bond acceptors (Lipinski definition) is 2. The first-order valence-electron chi connectivity index (χ1n) is 4.19. The molecule has 0 saturated carbocycles. The normalized spacial score (nSPS) is 10.6. The average Bonchev–Trinajstić information content (AvgIpc) is 2.45. The molecule has 0 spiro atoms. The van der Waals surface area contributed by atoms with E-state index in [0.29, 0.717) is 5.76 Å². The summed E-state index contributed by atoms with van der Waals surface area (Å²) in [5, 5.41) is 1.93. The molecule has 0 saturated heterocycles. The zero-order valence-corrected chi connectivity index (χ0v) is 7.63. The summed E-state index contributed by atoms with van der Waals surface area (Å²) in [6.07, 6.45) is 0. The van der Waals surface area contributed by atoms with E-state index in [1.54, 1.807) is 0 Å². The van der Waals surface area contributed by atoms with Gasteiger partial charge in [0.15, 0.2) is 11.5 Å². The largest absolute Gasteiger partial charge is 0.457 e. The number of carbonyl (C=O) groups is 1. The molecule has 66 valence electrons. The van der Waals surface area contributed by atoms with Crippen molar-refractivity contribution in [1.29, 1.82) is 0 Å². The number of aryl methyl sites for hydroxylation is 1. The topological polar surface area (TPSA) is 30.2 Å². The lowest BCUT2D eigenvalue weighted by Gasteiger charge is -1.88. The minimum absolute atomic E-state index is 0.0238. The highest BCUT2D eigenvalue weighted by molar-refractivity contribution is 6.05. The van der Waals surface area contributed by atoms with Crippen molar-refractivity contribution in [2.45, 2.75) is 13.8 Å². The number of hydrogen-bond donors (Lipinski definition) is 0. The summed E-state index contributed by atoms with van der Waals surface area (Å²) in [7, 11) is 0. The molecular weight excluding hydrogens is 164 g/mol. The Morgan fingerprint density at radius 3 is 2.46 bits per heavy atom. The number of carbonyl (C=O) groups excluding carboxylic acids is 1. The van der Waals surface area contributed by atoms with Crippen LogP contribution in [0, 0.1) is 6.92 Å². The summed E-state index contributed by atoms with van der Waals surface area (Å²) in [5.41, 5.74) is 0. The summed E-state index contributed by atoms with van der Waals surface area (Å²) in [4.78, 5) is 11.2. The molecule has 0 amide bonds. The van der Waals surface area contributed by atoms with Crippen LogP contribution in [-0.4, -0.2) is 5.78 Å². The molecule has 0 aliphatic carbocycles. The fourth-order valence-corrected chi connectivity index (χ4v) is 1.51. The Bertz CT molecular complexity index is 466. The van der Waals surface area contributed by atoms with E-state index >= 15 is 0 Å². The van der Waals surface area contributed by atoms with Crippen LogP contribution in [0.5, 0.6) is 0 Å². The van der Waals surface area contributed by atoms with Gasteiger partial charge in [0, 0.05) is 17.7 Å². The summed E-state index contributed by atoms with van der Waals surface area (Å²) in [6, 6.07) is 7.71. The molecule has 0 aliphatic rings. The van der Waals surface area contributed by atoms with Crippen LogP contribution in [0.15, 0.2) is 28.7 Å². The van der Waals surface area contributed by atoms with Gasteiger partial charge in [-0.1, -0.05) is 24.3 Å². The van der Waals surface area contributed by atoms with Crippen LogP contribution in [0.1, 0.15) is 23.2 Å². The van der Waals surface area contributed by atoms with Gasteiger partial charge in [-0.25, -0.2) is 0 Å². The van der Waals surface area contributed by atoms with Gasteiger partial charge < -0.3 is 4.42 Å². The molecule has 0 unspecified atom stereocenters. The Kier molecular flexibility index (Phi) is 1.69. The van der Waals surface area contributed by atoms with Gasteiger partial charge in [0.2, 0.25) is 0 Å². The molecule has 2 aromatic rings. The maximum atomic E-state index is 11.2. The lowest BCUT2D eigenvalue weighted by atomic mass is 10.1. The number of Topliss-reactive ketones (excluding diaryl/α,β-unsaturated/α-hetero) is 1. The molecule has 0 radical (unpaired) electrons. The zero-order chi connectivity index (χ0) is 9.42. The molecule has 0 atom stereocenters. The lowest BCUT2D eigenvalue weighted by Crippen LogP contribution is -1.87. The van der Waals surface area contributed by atoms with E-state index in [0.717, 1.165) is 16.5 Å². The fourth-order valence-electron chi connectivity index (χ4n) is 1.51. The van der Waals surface area contributed by atoms with Gasteiger partial charge in [-0.3, -0.25) is 4.79 Å². The first-order valence-corrected chi connectivity index (χ1v) is 4.19. The summed E-state index contributed by atoms with van der Waals surface area (Å²) in [5.74, 6) is 1.25. The first-order chi connectivity index (χ1) is 6.20. The molecular formula is C11H10O2. The number of furan rings is 1. The van der Waals surface area contributed by atoms with E-state index in [2.05, 4.69) is 0 Å². The monoisotopic (exact) mass is 174 g/mol. The smallest absolute Gasteiger partial charge is 0.195 e. The van der Waals surface area contributed by atoms with Gasteiger partial charge in [0.05, 0.1) is 0 Å². The maximum Gasteiger partial charge on any atom is 0.195 e. The van der Waals surface area contributed by atoms with Gasteiger partial charge in [-0.15, -0.1) is 0 Å². The molecule has 2 rings (SSSR count). The quantitative estimate of drug-likeness (QED) is 0.622. The molecule has 1 aromatic heterocycles. The SMILES string of the molecule is CC(=O)c1oc(C)c2ccccc12. The van der Waals surface area contributed by atoms with Crippen molar-refractivity contribution in [3.8, 4) is 0 Å². The molecule has 2 nitrogen and oxygen atoms in total. The van der Waals surface area contributed by atoms with E-state index in [1.807, 2.05) is 31.2 Å². The molecule has 1 heterocycles. The van der Waals surface area contributed by atoms with Crippen LogP contribution >= 0.6 is 0 Å². The van der Waals surface area contributed by atoms with Gasteiger partial charge in [-0.2, -0.15) is 0 Å². The third-order valence-corrected chi connectivity index (χ3v) is 2.13. The van der Waals surface area contributed by atoms with Crippen LogP contribution in [0.4, 0.5) is 0 Å². The zero-order valence-electron chi connectivity index (χ0n) is 7.63. The van der Waals surface area contributed by atoms with Crippen LogP contribution < -0.4 is 0 Å². The minimum atomic E-state index is -0.0238. The third-order valence-electron chi connectivity index (χ3n) is 2.13. The van der Waals surface area contributed by atoms with Crippen LogP contribution in [-0.2, 0) is 0 Å². The predicted molar refractivity (Wildman–Crippen MR) is 51.0 cm³/mol. The maximum absolute atomic E-state index is 11.2. The van der Waals surface area contributed by atoms with Crippen molar-refractivity contribution in [3.05, 3.63) is 35.8 Å². The van der Waals surface area contributed by atoms with Crippen LogP contribution in [0.3, 0.4) is 0 Å². The Morgan fingerprint density at radius 1 is 1.23 bits per heavy atom. The Morgan fingerprint density at radius 2 is 1.85 bits per heavy atom. The van der Waals surface area contributed by atoms with Gasteiger partial charge in [0.25, 0.3) is 0 Å². The van der Waals surface area contributed by atoms with E-state index in [9.17, 15) is 4.79 Å². The Labute approximate surface area is 76.2 Å². The summed E-state index contributed by atoms with van der Waals surface area (Å²) < 4.78 is 5.38. The van der Waals surface area contributed by atoms with Crippen molar-refractivity contribution in [3.63, 3.8) is 0 Å². The number of rotatable bonds is 1. The van der Waals surface area contributed by atoms with Gasteiger partial charge >= 0.3 is 0 Å². The van der Waals surface area contributed by atoms with E-state index in [4.69, 9.17) is 4.42 Å². The second-order valence-corrected chi connectivity index (χ2v) is 3.09. The van der Waals surface area contributed by atoms with Crippen molar-refractivity contribution < 1.29 is 9.21 Å². The molecule has 0 aliphatic heterocycles. The van der Waals surface area contributed by atoms with Gasteiger partial charge in [-0.05, 0) is 6.92 Å². The highest BCUT2D eigenvalue weighted by atomic mass is 16.3. The molecule has 13 heavy (non-hydrogen) atoms. The first kappa shape index (κ1) is 8.05. The van der Waals surface area contributed by atoms with Gasteiger partial charge in [0.1, 0.15) is 5.76 Å². The summed E-state index contributed by atoms with van der Waals surface area (Å²) in [6.45, 7) is 3.39. The number of ketones is 1. The second-order valence-electron chi connectivity index (χ2n) is 3.09. The highest BCUT2D eigenvalue weighted by Gasteiger charge is 2.12. The van der Waals surface area contributed by atoms with Crippen molar-refractivity contribution in [2.24, 2.45) is 0 Å². The molecule has 0 fully saturated rings. The van der Waals surface area contributed by atoms with E-state index in [1.165, 1.54) is 6.92 Å². The van der Waals surface area contributed by atoms with Crippen molar-refractivity contribution in [1.82, 2.24) is 0 Å². The average molecular weight is 174 g/mol. The minimum Gasteiger partial charge on any atom is -0.457 e. The number of fused-ring (bicyclic) bond motifs is 1. The molecule has 1 aromatic carbocycles. The predicted octanol–water partition coefficient (Wildman–Crippen LogP) is 2.94. The standard InChI is InChI=1S/C11H10O2/c1-7(12)11-10-6-4-3-5-9(10)8(2)13-11/h3-6H,1-2H3. The lowest BCUT2D eigenvalue weighted by molar-refractivity contribution is 0.0988. The van der Waals surface area contributed by atoms with Crippen molar-refractivity contribution in [2.75, 3.05) is 0 Å². The Hall–Kier alpha value is -1.57. The van der Waals surface area contributed by atoms with E-state index < -0.39 is 0 Å². The summed E-state index contributed by atoms with van der Waals surface area (Å²) >= 11 is 0. The molecule has 0 bridgehead atoms. The van der Waals surface area contributed by atoms with E-state index in [-0.39, 0.29) is 5.78 Å². The third kappa shape index (κ3) is 1.15. The van der Waals surface area contributed by atoms with Crippen LogP contribution in [0.25, 0.3) is 10.8 Å². The van der Waals surface area contributed by atoms with Crippen LogP contribution in [0.2, 0.25) is 0 Å². The molecule has 0 N–H and O–H groups in total. The van der Waals surface area contributed by atoms with Crippen molar-refractivity contribution >= 4 is 16.6 Å². The molecule has 2 heteroatoms. The highest BCUT2D eigenvalue weighted by Crippen LogP contribution is 2.25.